The number of pyridine rings is 1. The number of fused-ring (bicyclic) bond motifs is 1. The number of methoxy groups -OCH3 is 1. The number of likely N-dealkylation sites (tertiary alicyclic amines) is 1. The van der Waals surface area contributed by atoms with Crippen molar-refractivity contribution in [1.29, 1.82) is 0 Å². The van der Waals surface area contributed by atoms with Gasteiger partial charge >= 0.3 is 0 Å². The van der Waals surface area contributed by atoms with Gasteiger partial charge in [-0.15, -0.1) is 0 Å². The van der Waals surface area contributed by atoms with E-state index in [1.165, 1.54) is 0 Å². The van der Waals surface area contributed by atoms with Crippen molar-refractivity contribution in [2.45, 2.75) is 32.8 Å². The number of carbonyl (C=O) groups is 1. The van der Waals surface area contributed by atoms with Crippen molar-refractivity contribution >= 4 is 16.8 Å². The highest BCUT2D eigenvalue weighted by Gasteiger charge is 2.26. The average molecular weight is 328 g/mol. The van der Waals surface area contributed by atoms with Crippen LogP contribution in [-0.2, 0) is 4.74 Å². The van der Waals surface area contributed by atoms with E-state index >= 15 is 0 Å². The third kappa shape index (κ3) is 3.36. The molecule has 0 bridgehead atoms. The van der Waals surface area contributed by atoms with Gasteiger partial charge in [-0.05, 0) is 51.0 Å². The largest absolute Gasteiger partial charge is 0.497 e. The van der Waals surface area contributed by atoms with Crippen molar-refractivity contribution in [3.05, 3.63) is 35.5 Å². The van der Waals surface area contributed by atoms with Gasteiger partial charge in [0, 0.05) is 25.1 Å². The SMILES string of the molecule is CCO[C@@H]1CCCN(C(=O)c2cc3cc(OC)ccc3nc2C)C1. The zero-order valence-corrected chi connectivity index (χ0v) is 14.5. The molecule has 1 aliphatic rings. The molecule has 0 N–H and O–H groups in total. The highest BCUT2D eigenvalue weighted by Crippen LogP contribution is 2.24. The van der Waals surface area contributed by atoms with E-state index in [2.05, 4.69) is 4.98 Å². The van der Waals surface area contributed by atoms with Gasteiger partial charge in [-0.1, -0.05) is 0 Å². The van der Waals surface area contributed by atoms with Crippen LogP contribution < -0.4 is 4.74 Å². The van der Waals surface area contributed by atoms with Crippen molar-refractivity contribution in [3.8, 4) is 5.75 Å². The van der Waals surface area contributed by atoms with Gasteiger partial charge in [0.2, 0.25) is 0 Å². The van der Waals surface area contributed by atoms with Crippen LogP contribution in [0.3, 0.4) is 0 Å². The van der Waals surface area contributed by atoms with Gasteiger partial charge in [-0.3, -0.25) is 9.78 Å². The summed E-state index contributed by atoms with van der Waals surface area (Å²) >= 11 is 0. The van der Waals surface area contributed by atoms with E-state index in [0.29, 0.717) is 18.7 Å². The molecule has 1 aromatic carbocycles. The fraction of sp³-hybridized carbons (Fsp3) is 0.474. The Morgan fingerprint density at radius 3 is 2.96 bits per heavy atom. The molecule has 1 saturated heterocycles. The number of nitrogens with zero attached hydrogens (tertiary/aromatic N) is 2. The molecule has 0 aliphatic carbocycles. The van der Waals surface area contributed by atoms with Gasteiger partial charge in [-0.25, -0.2) is 0 Å². The summed E-state index contributed by atoms with van der Waals surface area (Å²) in [5.41, 5.74) is 2.29. The lowest BCUT2D eigenvalue weighted by Gasteiger charge is -2.32. The van der Waals surface area contributed by atoms with Crippen LogP contribution in [-0.4, -0.2) is 48.7 Å². The number of hydrogen-bond donors (Lipinski definition) is 0. The van der Waals surface area contributed by atoms with Gasteiger partial charge in [0.25, 0.3) is 5.91 Å². The summed E-state index contributed by atoms with van der Waals surface area (Å²) in [7, 11) is 1.64. The van der Waals surface area contributed by atoms with E-state index in [1.807, 2.05) is 43.0 Å². The Kier molecular flexibility index (Phi) is 5.00. The summed E-state index contributed by atoms with van der Waals surface area (Å²) in [6.07, 6.45) is 2.13. The average Bonchev–Trinajstić information content (AvgIpc) is 2.60. The summed E-state index contributed by atoms with van der Waals surface area (Å²) in [5.74, 6) is 0.801. The molecule has 2 aromatic rings. The molecule has 1 atom stereocenters. The molecule has 0 saturated carbocycles. The maximum atomic E-state index is 13.0. The van der Waals surface area contributed by atoms with Gasteiger partial charge in [0.15, 0.2) is 0 Å². The molecule has 1 aromatic heterocycles. The number of carbonyl (C=O) groups excluding carboxylic acids is 1. The normalized spacial score (nSPS) is 18.0. The Bertz CT molecular complexity index is 743. The summed E-state index contributed by atoms with van der Waals surface area (Å²) < 4.78 is 11.0. The number of benzene rings is 1. The Labute approximate surface area is 142 Å². The molecule has 5 nitrogen and oxygen atoms in total. The van der Waals surface area contributed by atoms with E-state index in [0.717, 1.165) is 41.7 Å². The third-order valence-electron chi connectivity index (χ3n) is 4.51. The molecule has 2 heterocycles. The van der Waals surface area contributed by atoms with Crippen molar-refractivity contribution in [3.63, 3.8) is 0 Å². The molecule has 0 unspecified atom stereocenters. The van der Waals surface area contributed by atoms with Crippen LogP contribution in [0.5, 0.6) is 5.75 Å². The second-order valence-corrected chi connectivity index (χ2v) is 6.15. The predicted octanol–water partition coefficient (Wildman–Crippen LogP) is 3.19. The van der Waals surface area contributed by atoms with Crippen molar-refractivity contribution in [2.24, 2.45) is 0 Å². The monoisotopic (exact) mass is 328 g/mol. The van der Waals surface area contributed by atoms with E-state index in [4.69, 9.17) is 9.47 Å². The molecule has 0 radical (unpaired) electrons. The second kappa shape index (κ2) is 7.18. The lowest BCUT2D eigenvalue weighted by atomic mass is 10.0. The maximum absolute atomic E-state index is 13.0. The van der Waals surface area contributed by atoms with Crippen molar-refractivity contribution in [2.75, 3.05) is 26.8 Å². The maximum Gasteiger partial charge on any atom is 0.255 e. The minimum atomic E-state index is 0.0362. The van der Waals surface area contributed by atoms with Gasteiger partial charge in [0.05, 0.1) is 30.0 Å². The Hall–Kier alpha value is -2.14. The van der Waals surface area contributed by atoms with Crippen molar-refractivity contribution in [1.82, 2.24) is 9.88 Å². The van der Waals surface area contributed by atoms with E-state index in [1.54, 1.807) is 7.11 Å². The van der Waals surface area contributed by atoms with Crippen LogP contribution in [0.25, 0.3) is 10.9 Å². The first-order valence-electron chi connectivity index (χ1n) is 8.48. The number of amides is 1. The third-order valence-corrected chi connectivity index (χ3v) is 4.51. The van der Waals surface area contributed by atoms with Crippen LogP contribution in [0.1, 0.15) is 35.8 Å². The number of hydrogen-bond acceptors (Lipinski definition) is 4. The van der Waals surface area contributed by atoms with Crippen LogP contribution in [0.4, 0.5) is 0 Å². The van der Waals surface area contributed by atoms with Crippen LogP contribution >= 0.6 is 0 Å². The van der Waals surface area contributed by atoms with E-state index in [-0.39, 0.29) is 12.0 Å². The fourth-order valence-corrected chi connectivity index (χ4v) is 3.26. The molecule has 128 valence electrons. The smallest absolute Gasteiger partial charge is 0.255 e. The molecule has 3 rings (SSSR count). The first-order chi connectivity index (χ1) is 11.6. The topological polar surface area (TPSA) is 51.7 Å². The first kappa shape index (κ1) is 16.7. The van der Waals surface area contributed by atoms with Crippen LogP contribution in [0, 0.1) is 6.92 Å². The lowest BCUT2D eigenvalue weighted by Crippen LogP contribution is -2.43. The highest BCUT2D eigenvalue weighted by atomic mass is 16.5. The summed E-state index contributed by atoms with van der Waals surface area (Å²) in [4.78, 5) is 19.4. The summed E-state index contributed by atoms with van der Waals surface area (Å²) in [5, 5.41) is 0.918. The molecular formula is C19H24N2O3. The first-order valence-corrected chi connectivity index (χ1v) is 8.48. The second-order valence-electron chi connectivity index (χ2n) is 6.15. The van der Waals surface area contributed by atoms with Gasteiger partial charge in [-0.2, -0.15) is 0 Å². The number of piperidine rings is 1. The van der Waals surface area contributed by atoms with Crippen molar-refractivity contribution < 1.29 is 14.3 Å². The minimum Gasteiger partial charge on any atom is -0.497 e. The van der Waals surface area contributed by atoms with Crippen LogP contribution in [0.15, 0.2) is 24.3 Å². The quantitative estimate of drug-likeness (QED) is 0.865. The molecule has 5 heteroatoms. The number of ether oxygens (including phenoxy) is 2. The molecule has 1 fully saturated rings. The number of aromatic nitrogens is 1. The minimum absolute atomic E-state index is 0.0362. The van der Waals surface area contributed by atoms with E-state index < -0.39 is 0 Å². The zero-order valence-electron chi connectivity index (χ0n) is 14.5. The van der Waals surface area contributed by atoms with Gasteiger partial charge < -0.3 is 14.4 Å². The van der Waals surface area contributed by atoms with E-state index in [9.17, 15) is 4.79 Å². The highest BCUT2D eigenvalue weighted by molar-refractivity contribution is 5.98. The zero-order chi connectivity index (χ0) is 17.1. The molecule has 1 amide bonds. The Morgan fingerprint density at radius 2 is 2.21 bits per heavy atom. The molecule has 0 spiro atoms. The molecule has 24 heavy (non-hydrogen) atoms. The molecular weight excluding hydrogens is 304 g/mol. The lowest BCUT2D eigenvalue weighted by molar-refractivity contribution is 0.00720. The Morgan fingerprint density at radius 1 is 1.38 bits per heavy atom. The fourth-order valence-electron chi connectivity index (χ4n) is 3.26. The summed E-state index contributed by atoms with van der Waals surface area (Å²) in [6, 6.07) is 7.64. The molecule has 1 aliphatic heterocycles. The number of aryl methyl sites for hydroxylation is 1. The van der Waals surface area contributed by atoms with Crippen LogP contribution in [0.2, 0.25) is 0 Å². The Balaban J connectivity index is 1.89. The standard InChI is InChI=1S/C19H24N2O3/c1-4-24-16-6-5-9-21(12-16)19(22)17-11-14-10-15(23-3)7-8-18(14)20-13(17)2/h7-8,10-11,16H,4-6,9,12H2,1-3H3/t16-/m1/s1. The predicted molar refractivity (Wildman–Crippen MR) is 93.6 cm³/mol. The van der Waals surface area contributed by atoms with Gasteiger partial charge in [0.1, 0.15) is 5.75 Å². The summed E-state index contributed by atoms with van der Waals surface area (Å²) in [6.45, 7) is 6.00. The number of rotatable bonds is 4.